The van der Waals surface area contributed by atoms with Crippen LogP contribution in [0.4, 0.5) is 5.88 Å². The molecule has 19 heavy (non-hydrogen) atoms. The average molecular weight is 279 g/mol. The zero-order valence-electron chi connectivity index (χ0n) is 10.4. The van der Waals surface area contributed by atoms with Gasteiger partial charge < -0.3 is 15.4 Å². The number of anilines is 1. The van der Waals surface area contributed by atoms with Crippen molar-refractivity contribution in [2.45, 2.75) is 32.1 Å². The number of aromatic hydroxyl groups is 1. The van der Waals surface area contributed by atoms with Crippen molar-refractivity contribution >= 4 is 17.5 Å². The van der Waals surface area contributed by atoms with Crippen LogP contribution >= 0.6 is 11.6 Å². The highest BCUT2D eigenvalue weighted by Gasteiger charge is 2.22. The molecular weight excluding hydrogens is 264 g/mol. The van der Waals surface area contributed by atoms with Gasteiger partial charge in [0.15, 0.2) is 0 Å². The highest BCUT2D eigenvalue weighted by molar-refractivity contribution is 6.32. The van der Waals surface area contributed by atoms with E-state index in [2.05, 4.69) is 5.16 Å². The normalized spacial score (nSPS) is 15.0. The molecule has 0 aliphatic heterocycles. The molecule has 100 valence electrons. The SMILES string of the molecule is Nc1oncc1-c1c(O)c(Cl)cc2c1CCCCC2. The first-order chi connectivity index (χ1) is 9.18. The van der Waals surface area contributed by atoms with Gasteiger partial charge >= 0.3 is 0 Å². The van der Waals surface area contributed by atoms with Gasteiger partial charge in [-0.3, -0.25) is 0 Å². The van der Waals surface area contributed by atoms with E-state index in [1.165, 1.54) is 18.2 Å². The second-order valence-corrected chi connectivity index (χ2v) is 5.29. The van der Waals surface area contributed by atoms with Gasteiger partial charge in [-0.15, -0.1) is 0 Å². The first-order valence-corrected chi connectivity index (χ1v) is 6.80. The molecule has 1 aliphatic rings. The summed E-state index contributed by atoms with van der Waals surface area (Å²) in [4.78, 5) is 0. The number of nitrogens with two attached hydrogens (primary N) is 1. The average Bonchev–Trinajstić information content (AvgIpc) is 2.67. The molecule has 0 atom stereocenters. The van der Waals surface area contributed by atoms with E-state index >= 15 is 0 Å². The van der Waals surface area contributed by atoms with E-state index in [0.717, 1.165) is 31.2 Å². The molecule has 4 nitrogen and oxygen atoms in total. The number of halogens is 1. The molecule has 0 spiro atoms. The molecule has 0 amide bonds. The van der Waals surface area contributed by atoms with Gasteiger partial charge in [0.05, 0.1) is 16.8 Å². The van der Waals surface area contributed by atoms with E-state index < -0.39 is 0 Å². The molecule has 3 N–H and O–H groups in total. The van der Waals surface area contributed by atoms with Crippen LogP contribution < -0.4 is 5.73 Å². The number of hydrogen-bond donors (Lipinski definition) is 2. The van der Waals surface area contributed by atoms with Crippen LogP contribution in [0, 0.1) is 0 Å². The van der Waals surface area contributed by atoms with Crippen LogP contribution in [0.25, 0.3) is 11.1 Å². The van der Waals surface area contributed by atoms with Crippen molar-refractivity contribution in [1.82, 2.24) is 5.16 Å². The van der Waals surface area contributed by atoms with Crippen LogP contribution in [0.5, 0.6) is 5.75 Å². The number of rotatable bonds is 1. The number of nitrogens with zero attached hydrogens (tertiary/aromatic N) is 1. The quantitative estimate of drug-likeness (QED) is 0.783. The third-order valence-corrected chi connectivity index (χ3v) is 3.98. The van der Waals surface area contributed by atoms with E-state index in [1.54, 1.807) is 0 Å². The lowest BCUT2D eigenvalue weighted by Crippen LogP contribution is -1.97. The minimum Gasteiger partial charge on any atom is -0.506 e. The van der Waals surface area contributed by atoms with E-state index in [9.17, 15) is 5.11 Å². The number of hydrogen-bond acceptors (Lipinski definition) is 4. The smallest absolute Gasteiger partial charge is 0.230 e. The van der Waals surface area contributed by atoms with Crippen molar-refractivity contribution in [1.29, 1.82) is 0 Å². The number of fused-ring (bicyclic) bond motifs is 1. The predicted molar refractivity (Wildman–Crippen MR) is 74.3 cm³/mol. The summed E-state index contributed by atoms with van der Waals surface area (Å²) >= 11 is 6.13. The Morgan fingerprint density at radius 3 is 2.79 bits per heavy atom. The first-order valence-electron chi connectivity index (χ1n) is 6.42. The monoisotopic (exact) mass is 278 g/mol. The third-order valence-electron chi connectivity index (χ3n) is 3.69. The van der Waals surface area contributed by atoms with Crippen molar-refractivity contribution in [3.8, 4) is 16.9 Å². The standard InChI is InChI=1S/C14H15ClN2O2/c15-11-6-8-4-2-1-3-5-9(8)12(13(11)18)10-7-17-19-14(10)16/h6-7,18H,1-5,16H2. The van der Waals surface area contributed by atoms with E-state index in [1.807, 2.05) is 6.07 Å². The second-order valence-electron chi connectivity index (χ2n) is 4.88. The van der Waals surface area contributed by atoms with Crippen molar-refractivity contribution in [3.63, 3.8) is 0 Å². The molecule has 0 fully saturated rings. The fourth-order valence-electron chi connectivity index (χ4n) is 2.76. The van der Waals surface area contributed by atoms with Crippen LogP contribution in [0.1, 0.15) is 30.4 Å². The molecule has 0 radical (unpaired) electrons. The molecule has 0 bridgehead atoms. The van der Waals surface area contributed by atoms with Crippen molar-refractivity contribution in [2.75, 3.05) is 5.73 Å². The largest absolute Gasteiger partial charge is 0.506 e. The maximum Gasteiger partial charge on any atom is 0.230 e. The molecule has 1 heterocycles. The van der Waals surface area contributed by atoms with Crippen LogP contribution in [-0.2, 0) is 12.8 Å². The van der Waals surface area contributed by atoms with Crippen LogP contribution in [0.15, 0.2) is 16.8 Å². The number of nitrogen functional groups attached to an aromatic ring is 1. The summed E-state index contributed by atoms with van der Waals surface area (Å²) in [5, 5.41) is 14.3. The molecule has 0 unspecified atom stereocenters. The molecule has 1 aliphatic carbocycles. The number of aromatic nitrogens is 1. The minimum atomic E-state index is 0.0669. The summed E-state index contributed by atoms with van der Waals surface area (Å²) in [6, 6.07) is 1.87. The number of benzene rings is 1. The zero-order chi connectivity index (χ0) is 13.4. The number of aryl methyl sites for hydroxylation is 1. The summed E-state index contributed by atoms with van der Waals surface area (Å²) in [5.41, 5.74) is 9.40. The molecular formula is C14H15ClN2O2. The Hall–Kier alpha value is -1.68. The van der Waals surface area contributed by atoms with E-state index in [0.29, 0.717) is 16.1 Å². The van der Waals surface area contributed by atoms with Gasteiger partial charge in [0.2, 0.25) is 5.88 Å². The fraction of sp³-hybridized carbons (Fsp3) is 0.357. The maximum absolute atomic E-state index is 10.3. The molecule has 2 aromatic rings. The highest BCUT2D eigenvalue weighted by Crippen LogP contribution is 2.43. The van der Waals surface area contributed by atoms with Gasteiger partial charge in [0.1, 0.15) is 5.75 Å². The summed E-state index contributed by atoms with van der Waals surface area (Å²) in [6.45, 7) is 0. The van der Waals surface area contributed by atoms with Crippen LogP contribution in [-0.4, -0.2) is 10.3 Å². The van der Waals surface area contributed by atoms with Crippen LogP contribution in [0.2, 0.25) is 5.02 Å². The summed E-state index contributed by atoms with van der Waals surface area (Å²) in [5.74, 6) is 0.279. The molecule has 0 saturated carbocycles. The number of phenols is 1. The summed E-state index contributed by atoms with van der Waals surface area (Å²) in [7, 11) is 0. The third kappa shape index (κ3) is 2.06. The molecule has 1 aromatic heterocycles. The van der Waals surface area contributed by atoms with Crippen LogP contribution in [0.3, 0.4) is 0 Å². The first kappa shape index (κ1) is 12.4. The van der Waals surface area contributed by atoms with Gasteiger partial charge in [-0.1, -0.05) is 23.2 Å². The van der Waals surface area contributed by atoms with Gasteiger partial charge in [0.25, 0.3) is 0 Å². The van der Waals surface area contributed by atoms with Gasteiger partial charge in [-0.2, -0.15) is 0 Å². The lowest BCUT2D eigenvalue weighted by atomic mass is 9.92. The predicted octanol–water partition coefficient (Wildman–Crippen LogP) is 3.55. The van der Waals surface area contributed by atoms with Crippen molar-refractivity contribution < 1.29 is 9.63 Å². The molecule has 1 aromatic carbocycles. The second kappa shape index (κ2) is 4.78. The highest BCUT2D eigenvalue weighted by atomic mass is 35.5. The summed E-state index contributed by atoms with van der Waals surface area (Å²) in [6.07, 6.45) is 6.87. The van der Waals surface area contributed by atoms with Crippen molar-refractivity contribution in [3.05, 3.63) is 28.4 Å². The Bertz CT molecular complexity index is 622. The topological polar surface area (TPSA) is 72.3 Å². The van der Waals surface area contributed by atoms with Gasteiger partial charge in [0, 0.05) is 5.56 Å². The lowest BCUT2D eigenvalue weighted by molar-refractivity contribution is 0.436. The Balaban J connectivity index is 2.27. The molecule has 0 saturated heterocycles. The summed E-state index contributed by atoms with van der Waals surface area (Å²) < 4.78 is 4.91. The minimum absolute atomic E-state index is 0.0669. The zero-order valence-corrected chi connectivity index (χ0v) is 11.2. The van der Waals surface area contributed by atoms with E-state index in [4.69, 9.17) is 21.9 Å². The van der Waals surface area contributed by atoms with Crippen molar-refractivity contribution in [2.24, 2.45) is 0 Å². The van der Waals surface area contributed by atoms with E-state index in [-0.39, 0.29) is 11.6 Å². The molecule has 3 rings (SSSR count). The van der Waals surface area contributed by atoms with Gasteiger partial charge in [-0.05, 0) is 42.9 Å². The Kier molecular flexibility index (Phi) is 3.11. The Labute approximate surface area is 116 Å². The maximum atomic E-state index is 10.3. The Morgan fingerprint density at radius 1 is 1.26 bits per heavy atom. The number of phenolic OH excluding ortho intramolecular Hbond substituents is 1. The lowest BCUT2D eigenvalue weighted by Gasteiger charge is -2.15. The Morgan fingerprint density at radius 2 is 2.05 bits per heavy atom. The molecule has 5 heteroatoms. The van der Waals surface area contributed by atoms with Gasteiger partial charge in [-0.25, -0.2) is 0 Å². The fourth-order valence-corrected chi connectivity index (χ4v) is 2.99.